The van der Waals surface area contributed by atoms with Crippen molar-refractivity contribution in [3.05, 3.63) is 87.6 Å². The molecule has 2 aromatic carbocycles. The molecule has 2 N–H and O–H groups in total. The molecule has 0 fully saturated rings. The van der Waals surface area contributed by atoms with E-state index in [9.17, 15) is 14.9 Å². The van der Waals surface area contributed by atoms with Crippen LogP contribution in [0.3, 0.4) is 0 Å². The van der Waals surface area contributed by atoms with Crippen molar-refractivity contribution >= 4 is 23.9 Å². The maximum Gasteiger partial charge on any atom is 0.289 e. The Bertz CT molecular complexity index is 1050. The van der Waals surface area contributed by atoms with Gasteiger partial charge in [0.25, 0.3) is 11.6 Å². The summed E-state index contributed by atoms with van der Waals surface area (Å²) >= 11 is 0. The molecule has 3 aromatic rings. The zero-order chi connectivity index (χ0) is 19.9. The van der Waals surface area contributed by atoms with Crippen LogP contribution in [0.25, 0.3) is 17.3 Å². The van der Waals surface area contributed by atoms with Crippen LogP contribution in [0.2, 0.25) is 0 Å². The average molecular weight is 375 g/mol. The van der Waals surface area contributed by atoms with Gasteiger partial charge in [-0.1, -0.05) is 42.0 Å². The molecule has 3 rings (SSSR count). The minimum Gasteiger partial charge on any atom is -0.272 e. The van der Waals surface area contributed by atoms with Gasteiger partial charge in [-0.15, -0.1) is 0 Å². The van der Waals surface area contributed by atoms with E-state index in [1.807, 2.05) is 31.2 Å². The van der Waals surface area contributed by atoms with E-state index in [2.05, 4.69) is 20.7 Å². The Hall–Kier alpha value is -4.07. The zero-order valence-electron chi connectivity index (χ0n) is 15.0. The summed E-state index contributed by atoms with van der Waals surface area (Å²) < 4.78 is 0. The molecule has 0 aliphatic rings. The van der Waals surface area contributed by atoms with Crippen molar-refractivity contribution in [3.8, 4) is 11.3 Å². The number of carbonyl (C=O) groups is 1. The van der Waals surface area contributed by atoms with Crippen LogP contribution in [0, 0.1) is 17.0 Å². The van der Waals surface area contributed by atoms with E-state index < -0.39 is 10.8 Å². The molecule has 0 aliphatic heterocycles. The summed E-state index contributed by atoms with van der Waals surface area (Å²) in [6.07, 6.45) is 4.39. The Labute approximate surface area is 160 Å². The lowest BCUT2D eigenvalue weighted by atomic mass is 10.1. The van der Waals surface area contributed by atoms with Gasteiger partial charge in [-0.25, -0.2) is 5.43 Å². The van der Waals surface area contributed by atoms with Crippen molar-refractivity contribution in [2.75, 3.05) is 0 Å². The van der Waals surface area contributed by atoms with Gasteiger partial charge in [-0.2, -0.15) is 10.2 Å². The second kappa shape index (κ2) is 8.54. The largest absolute Gasteiger partial charge is 0.289 e. The summed E-state index contributed by atoms with van der Waals surface area (Å²) in [5.74, 6) is -0.443. The zero-order valence-corrected chi connectivity index (χ0v) is 15.0. The third kappa shape index (κ3) is 4.55. The van der Waals surface area contributed by atoms with E-state index in [4.69, 9.17) is 0 Å². The van der Waals surface area contributed by atoms with Crippen LogP contribution >= 0.6 is 0 Å². The fourth-order valence-corrected chi connectivity index (χ4v) is 2.45. The SMILES string of the molecule is Cc1ccc(-c2cc(C(=O)NN=CC=Cc3ccccc3[N+](=O)[O-])[nH]n2)cc1. The van der Waals surface area contributed by atoms with Gasteiger partial charge in [-0.3, -0.25) is 20.0 Å². The summed E-state index contributed by atoms with van der Waals surface area (Å²) in [6, 6.07) is 15.8. The normalized spacial score (nSPS) is 11.2. The minimum absolute atomic E-state index is 0.00252. The summed E-state index contributed by atoms with van der Waals surface area (Å²) in [4.78, 5) is 22.6. The molecule has 0 radical (unpaired) electrons. The number of aromatic nitrogens is 2. The van der Waals surface area contributed by atoms with Gasteiger partial charge in [0.15, 0.2) is 0 Å². The highest BCUT2D eigenvalue weighted by Gasteiger charge is 2.10. The van der Waals surface area contributed by atoms with E-state index in [1.54, 1.807) is 30.3 Å². The highest BCUT2D eigenvalue weighted by atomic mass is 16.6. The monoisotopic (exact) mass is 375 g/mol. The number of carbonyl (C=O) groups excluding carboxylic acids is 1. The number of nitro benzene ring substituents is 1. The summed E-state index contributed by atoms with van der Waals surface area (Å²) in [7, 11) is 0. The molecule has 1 aromatic heterocycles. The Balaban J connectivity index is 1.60. The van der Waals surface area contributed by atoms with Crippen LogP contribution < -0.4 is 5.43 Å². The molecule has 0 unspecified atom stereocenters. The standard InChI is InChI=1S/C20H17N5O3/c1-14-8-10-15(11-9-14)17-13-18(23-22-17)20(26)24-21-12-4-6-16-5-2-3-7-19(16)25(27)28/h2-13H,1H3,(H,22,23)(H,24,26). The highest BCUT2D eigenvalue weighted by molar-refractivity contribution is 5.94. The Kier molecular flexibility index (Phi) is 5.71. The second-order valence-electron chi connectivity index (χ2n) is 5.93. The molecule has 0 saturated carbocycles. The first kappa shape index (κ1) is 18.7. The number of hydrogen-bond acceptors (Lipinski definition) is 5. The van der Waals surface area contributed by atoms with Crippen LogP contribution in [0.5, 0.6) is 0 Å². The number of rotatable bonds is 6. The van der Waals surface area contributed by atoms with E-state index in [-0.39, 0.29) is 11.4 Å². The highest BCUT2D eigenvalue weighted by Crippen LogP contribution is 2.19. The first-order chi connectivity index (χ1) is 13.5. The Morgan fingerprint density at radius 2 is 1.96 bits per heavy atom. The molecule has 8 heteroatoms. The van der Waals surface area contributed by atoms with E-state index in [0.717, 1.165) is 11.1 Å². The number of allylic oxidation sites excluding steroid dienone is 1. The summed E-state index contributed by atoms with van der Waals surface area (Å²) in [6.45, 7) is 2.00. The number of para-hydroxylation sites is 1. The molecule has 0 saturated heterocycles. The topological polar surface area (TPSA) is 113 Å². The Morgan fingerprint density at radius 1 is 1.21 bits per heavy atom. The van der Waals surface area contributed by atoms with Crippen molar-refractivity contribution in [2.24, 2.45) is 5.10 Å². The fourth-order valence-electron chi connectivity index (χ4n) is 2.45. The minimum atomic E-state index is -0.456. The number of aryl methyl sites for hydroxylation is 1. The smallest absolute Gasteiger partial charge is 0.272 e. The maximum atomic E-state index is 12.1. The average Bonchev–Trinajstić information content (AvgIpc) is 3.18. The van der Waals surface area contributed by atoms with Gasteiger partial charge in [0, 0.05) is 17.8 Å². The van der Waals surface area contributed by atoms with Crippen LogP contribution in [0.4, 0.5) is 5.69 Å². The first-order valence-electron chi connectivity index (χ1n) is 8.40. The molecule has 140 valence electrons. The third-order valence-electron chi connectivity index (χ3n) is 3.91. The van der Waals surface area contributed by atoms with Gasteiger partial charge in [0.05, 0.1) is 16.2 Å². The quantitative estimate of drug-likeness (QED) is 0.388. The van der Waals surface area contributed by atoms with Gasteiger partial charge in [0.1, 0.15) is 5.69 Å². The van der Waals surface area contributed by atoms with Crippen LogP contribution in [0.15, 0.2) is 65.8 Å². The molecule has 28 heavy (non-hydrogen) atoms. The van der Waals surface area contributed by atoms with Crippen molar-refractivity contribution in [1.82, 2.24) is 15.6 Å². The number of aromatic amines is 1. The lowest BCUT2D eigenvalue weighted by molar-refractivity contribution is -0.385. The maximum absolute atomic E-state index is 12.1. The molecule has 1 heterocycles. The predicted octanol–water partition coefficient (Wildman–Crippen LogP) is 3.72. The first-order valence-corrected chi connectivity index (χ1v) is 8.40. The number of amides is 1. The van der Waals surface area contributed by atoms with Crippen molar-refractivity contribution in [3.63, 3.8) is 0 Å². The van der Waals surface area contributed by atoms with Crippen LogP contribution in [0.1, 0.15) is 21.6 Å². The number of benzene rings is 2. The molecule has 8 nitrogen and oxygen atoms in total. The lowest BCUT2D eigenvalue weighted by Crippen LogP contribution is -2.17. The summed E-state index contributed by atoms with van der Waals surface area (Å²) in [5.41, 5.74) is 5.78. The predicted molar refractivity (Wildman–Crippen MR) is 107 cm³/mol. The van der Waals surface area contributed by atoms with Crippen LogP contribution in [-0.4, -0.2) is 27.2 Å². The number of nitrogens with one attached hydrogen (secondary N) is 2. The van der Waals surface area contributed by atoms with Gasteiger partial charge < -0.3 is 0 Å². The van der Waals surface area contributed by atoms with Crippen molar-refractivity contribution in [2.45, 2.75) is 6.92 Å². The Morgan fingerprint density at radius 3 is 2.71 bits per heavy atom. The molecule has 0 spiro atoms. The number of hydrogen-bond donors (Lipinski definition) is 2. The molecular formula is C20H17N5O3. The number of H-pyrrole nitrogens is 1. The third-order valence-corrected chi connectivity index (χ3v) is 3.91. The molecule has 0 aliphatic carbocycles. The molecule has 1 amide bonds. The van der Waals surface area contributed by atoms with Crippen molar-refractivity contribution in [1.29, 1.82) is 0 Å². The van der Waals surface area contributed by atoms with Gasteiger partial charge in [-0.05, 0) is 31.2 Å². The molecule has 0 bridgehead atoms. The summed E-state index contributed by atoms with van der Waals surface area (Å²) in [5, 5.41) is 21.6. The fraction of sp³-hybridized carbons (Fsp3) is 0.0500. The van der Waals surface area contributed by atoms with Crippen molar-refractivity contribution < 1.29 is 9.72 Å². The molecular weight excluding hydrogens is 358 g/mol. The van der Waals surface area contributed by atoms with Gasteiger partial charge in [0.2, 0.25) is 0 Å². The molecule has 0 atom stereocenters. The second-order valence-corrected chi connectivity index (χ2v) is 5.93. The van der Waals surface area contributed by atoms with E-state index >= 15 is 0 Å². The number of nitrogens with zero attached hydrogens (tertiary/aromatic N) is 3. The van der Waals surface area contributed by atoms with Crippen LogP contribution in [-0.2, 0) is 0 Å². The van der Waals surface area contributed by atoms with E-state index in [0.29, 0.717) is 11.3 Å². The lowest BCUT2D eigenvalue weighted by Gasteiger charge is -1.96. The van der Waals surface area contributed by atoms with Gasteiger partial charge >= 0.3 is 0 Å². The number of nitro groups is 1. The van der Waals surface area contributed by atoms with E-state index in [1.165, 1.54) is 18.4 Å². The number of hydrazone groups is 1.